The number of ether oxygens (including phenoxy) is 1. The van der Waals surface area contributed by atoms with E-state index >= 15 is 0 Å². The molecule has 5 heteroatoms. The minimum atomic E-state index is -2.90. The van der Waals surface area contributed by atoms with Crippen LogP contribution in [-0.4, -0.2) is 31.1 Å². The van der Waals surface area contributed by atoms with Gasteiger partial charge in [-0.25, -0.2) is 0 Å². The summed E-state index contributed by atoms with van der Waals surface area (Å²) < 4.78 is 29.2. The summed E-state index contributed by atoms with van der Waals surface area (Å²) in [5, 5.41) is 0. The van der Waals surface area contributed by atoms with Gasteiger partial charge in [0.05, 0.1) is 31.1 Å². The second-order valence-corrected chi connectivity index (χ2v) is 7.16. The van der Waals surface area contributed by atoms with Crippen molar-refractivity contribution in [3.05, 3.63) is 0 Å². The van der Waals surface area contributed by atoms with E-state index in [2.05, 4.69) is 0 Å². The van der Waals surface area contributed by atoms with Crippen LogP contribution in [0.3, 0.4) is 0 Å². The molecule has 5 atom stereocenters. The Labute approximate surface area is 96.2 Å². The molecule has 1 aliphatic heterocycles. The minimum absolute atomic E-state index is 0.0844. The van der Waals surface area contributed by atoms with Gasteiger partial charge in [0.25, 0.3) is 0 Å². The van der Waals surface area contributed by atoms with E-state index in [1.165, 1.54) is 0 Å². The Morgan fingerprint density at radius 1 is 1.19 bits per heavy atom. The second-order valence-electron chi connectivity index (χ2n) is 4.90. The van der Waals surface area contributed by atoms with Gasteiger partial charge in [-0.1, -0.05) is 0 Å². The Morgan fingerprint density at radius 3 is 2.38 bits per heavy atom. The lowest BCUT2D eigenvalue weighted by Crippen LogP contribution is -2.25. The predicted octanol–water partition coefficient (Wildman–Crippen LogP) is 2.43. The third-order valence-corrected chi connectivity index (χ3v) is 6.73. The van der Waals surface area contributed by atoms with E-state index in [1.54, 1.807) is 0 Å². The van der Waals surface area contributed by atoms with Gasteiger partial charge in [0.2, 0.25) is 0 Å². The highest BCUT2D eigenvalue weighted by atomic mass is 31.2. The molecule has 3 aliphatic rings. The maximum Gasteiger partial charge on any atom is 0.334 e. The first-order valence-corrected chi connectivity index (χ1v) is 7.85. The van der Waals surface area contributed by atoms with E-state index in [1.807, 2.05) is 13.8 Å². The molecular formula is C11H19O4P. The summed E-state index contributed by atoms with van der Waals surface area (Å²) in [7, 11) is -2.90. The van der Waals surface area contributed by atoms with Gasteiger partial charge in [-0.2, -0.15) is 0 Å². The van der Waals surface area contributed by atoms with Crippen LogP contribution in [0.25, 0.3) is 0 Å². The van der Waals surface area contributed by atoms with Crippen LogP contribution >= 0.6 is 7.60 Å². The van der Waals surface area contributed by atoms with Crippen LogP contribution in [0.2, 0.25) is 0 Å². The molecule has 16 heavy (non-hydrogen) atoms. The molecule has 0 aromatic carbocycles. The molecule has 2 saturated carbocycles. The zero-order valence-corrected chi connectivity index (χ0v) is 10.7. The standard InChI is InChI=1S/C11H19O4P/c1-3-13-16(12,14-4-2)9-6-7-5-8(9)11-10(7)15-11/h7-11H,3-6H2,1-2H3/t7-,8+,9?,10-,11+/m0/s1. The first-order chi connectivity index (χ1) is 7.69. The van der Waals surface area contributed by atoms with Crippen molar-refractivity contribution in [3.63, 3.8) is 0 Å². The van der Waals surface area contributed by atoms with Crippen LogP contribution in [0.15, 0.2) is 0 Å². The van der Waals surface area contributed by atoms with Crippen LogP contribution < -0.4 is 0 Å². The molecule has 0 amide bonds. The van der Waals surface area contributed by atoms with Gasteiger partial charge < -0.3 is 13.8 Å². The lowest BCUT2D eigenvalue weighted by atomic mass is 10.0. The molecule has 4 nitrogen and oxygen atoms in total. The van der Waals surface area contributed by atoms with E-state index in [0.717, 1.165) is 12.8 Å². The zero-order chi connectivity index (χ0) is 11.3. The molecule has 1 heterocycles. The van der Waals surface area contributed by atoms with E-state index in [4.69, 9.17) is 13.8 Å². The van der Waals surface area contributed by atoms with Gasteiger partial charge in [-0.05, 0) is 32.6 Å². The maximum atomic E-state index is 12.7. The fourth-order valence-corrected chi connectivity index (χ4v) is 5.99. The van der Waals surface area contributed by atoms with Gasteiger partial charge in [0.15, 0.2) is 0 Å². The topological polar surface area (TPSA) is 48.1 Å². The maximum absolute atomic E-state index is 12.7. The normalized spacial score (nSPS) is 44.8. The lowest BCUT2D eigenvalue weighted by molar-refractivity contribution is 0.201. The summed E-state index contributed by atoms with van der Waals surface area (Å²) in [6, 6.07) is 0. The number of hydrogen-bond donors (Lipinski definition) is 0. The average molecular weight is 246 g/mol. The van der Waals surface area contributed by atoms with Gasteiger partial charge in [-0.3, -0.25) is 4.57 Å². The van der Waals surface area contributed by atoms with E-state index in [0.29, 0.717) is 37.3 Å². The van der Waals surface area contributed by atoms with Crippen molar-refractivity contribution in [2.45, 2.75) is 44.6 Å². The molecule has 0 radical (unpaired) electrons. The number of epoxide rings is 1. The van der Waals surface area contributed by atoms with Crippen molar-refractivity contribution < 1.29 is 18.3 Å². The summed E-state index contributed by atoms with van der Waals surface area (Å²) in [6.45, 7) is 4.66. The molecule has 0 N–H and O–H groups in total. The number of hydrogen-bond acceptors (Lipinski definition) is 4. The van der Waals surface area contributed by atoms with Crippen molar-refractivity contribution in [2.24, 2.45) is 11.8 Å². The smallest absolute Gasteiger partial charge is 0.334 e. The molecule has 0 spiro atoms. The third-order valence-electron chi connectivity index (χ3n) is 4.09. The Morgan fingerprint density at radius 2 is 1.88 bits per heavy atom. The van der Waals surface area contributed by atoms with Crippen molar-refractivity contribution >= 4 is 7.60 Å². The van der Waals surface area contributed by atoms with Crippen molar-refractivity contribution in [3.8, 4) is 0 Å². The minimum Gasteiger partial charge on any atom is -0.369 e. The highest BCUT2D eigenvalue weighted by Gasteiger charge is 2.67. The largest absolute Gasteiger partial charge is 0.369 e. The van der Waals surface area contributed by atoms with Crippen molar-refractivity contribution in [1.29, 1.82) is 0 Å². The zero-order valence-electron chi connectivity index (χ0n) is 9.80. The summed E-state index contributed by atoms with van der Waals surface area (Å²) in [5.41, 5.74) is 0.0844. The van der Waals surface area contributed by atoms with Gasteiger partial charge in [0.1, 0.15) is 0 Å². The summed E-state index contributed by atoms with van der Waals surface area (Å²) >= 11 is 0. The third kappa shape index (κ3) is 1.51. The fraction of sp³-hybridized carbons (Fsp3) is 1.00. The van der Waals surface area contributed by atoms with Crippen LogP contribution in [0.5, 0.6) is 0 Å². The van der Waals surface area contributed by atoms with Crippen LogP contribution in [0.1, 0.15) is 26.7 Å². The molecule has 0 aromatic heterocycles. The first-order valence-electron chi connectivity index (χ1n) is 6.24. The van der Waals surface area contributed by atoms with Crippen LogP contribution in [0.4, 0.5) is 0 Å². The molecular weight excluding hydrogens is 227 g/mol. The SMILES string of the molecule is CCOP(=O)(OCC)C1C[C@@H]2C[C@H]1[C@H]1O[C@@H]21. The van der Waals surface area contributed by atoms with Gasteiger partial charge in [0, 0.05) is 5.92 Å². The molecule has 1 unspecified atom stereocenters. The first kappa shape index (κ1) is 11.2. The van der Waals surface area contributed by atoms with Gasteiger partial charge in [-0.15, -0.1) is 0 Å². The lowest BCUT2D eigenvalue weighted by Gasteiger charge is -2.27. The highest BCUT2D eigenvalue weighted by Crippen LogP contribution is 2.68. The fourth-order valence-electron chi connectivity index (χ4n) is 3.52. The predicted molar refractivity (Wildman–Crippen MR) is 59.5 cm³/mol. The summed E-state index contributed by atoms with van der Waals surface area (Å²) in [5.74, 6) is 1.02. The molecule has 1 saturated heterocycles. The summed E-state index contributed by atoms with van der Waals surface area (Å²) in [6.07, 6.45) is 2.95. The Kier molecular flexibility index (Phi) is 2.67. The Hall–Kier alpha value is 0.110. The molecule has 0 aromatic rings. The van der Waals surface area contributed by atoms with Crippen LogP contribution in [-0.2, 0) is 18.3 Å². The highest BCUT2D eigenvalue weighted by molar-refractivity contribution is 7.54. The van der Waals surface area contributed by atoms with E-state index in [-0.39, 0.29) is 5.66 Å². The molecule has 92 valence electrons. The number of fused-ring (bicyclic) bond motifs is 5. The molecule has 2 bridgehead atoms. The van der Waals surface area contributed by atoms with Crippen molar-refractivity contribution in [2.75, 3.05) is 13.2 Å². The molecule has 3 rings (SSSR count). The van der Waals surface area contributed by atoms with Crippen LogP contribution in [0, 0.1) is 11.8 Å². The molecule has 2 aliphatic carbocycles. The summed E-state index contributed by atoms with van der Waals surface area (Å²) in [4.78, 5) is 0. The number of rotatable bonds is 5. The second kappa shape index (κ2) is 3.81. The molecule has 3 fully saturated rings. The van der Waals surface area contributed by atoms with Crippen molar-refractivity contribution in [1.82, 2.24) is 0 Å². The van der Waals surface area contributed by atoms with E-state index in [9.17, 15) is 4.57 Å². The van der Waals surface area contributed by atoms with Gasteiger partial charge >= 0.3 is 7.60 Å². The average Bonchev–Trinajstić information content (AvgIpc) is 2.84. The Bertz CT molecular complexity index is 322. The monoisotopic (exact) mass is 246 g/mol. The Balaban J connectivity index is 1.77. The van der Waals surface area contributed by atoms with E-state index < -0.39 is 7.60 Å². The quantitative estimate of drug-likeness (QED) is 0.552.